The van der Waals surface area contributed by atoms with Gasteiger partial charge in [-0.2, -0.15) is 0 Å². The van der Waals surface area contributed by atoms with Crippen LogP contribution < -0.4 is 0 Å². The fraction of sp³-hybridized carbons (Fsp3) is 1.00. The summed E-state index contributed by atoms with van der Waals surface area (Å²) in [6.45, 7) is 4.58. The summed E-state index contributed by atoms with van der Waals surface area (Å²) in [6, 6.07) is 0. The van der Waals surface area contributed by atoms with E-state index in [0.717, 1.165) is 11.2 Å². The van der Waals surface area contributed by atoms with E-state index in [9.17, 15) is 0 Å². The lowest BCUT2D eigenvalue weighted by Crippen LogP contribution is -1.94. The molecule has 9 heavy (non-hydrogen) atoms. The van der Waals surface area contributed by atoms with Gasteiger partial charge in [0.2, 0.25) is 0 Å². The first-order valence-electron chi connectivity index (χ1n) is 3.87. The average molecular weight is 193 g/mol. The molecule has 0 nitrogen and oxygen atoms in total. The zero-order chi connectivity index (χ0) is 7.11. The van der Waals surface area contributed by atoms with Gasteiger partial charge in [0.1, 0.15) is 0 Å². The molecule has 1 unspecified atom stereocenters. The highest BCUT2D eigenvalue weighted by atomic mass is 79.9. The number of hydrogen-bond donors (Lipinski definition) is 0. The Bertz CT molecular complexity index is 52.5. The van der Waals surface area contributed by atoms with Crippen LogP contribution in [0.3, 0.4) is 0 Å². The maximum atomic E-state index is 3.44. The van der Waals surface area contributed by atoms with Gasteiger partial charge >= 0.3 is 0 Å². The van der Waals surface area contributed by atoms with Gasteiger partial charge in [-0.1, -0.05) is 49.0 Å². The molecule has 0 saturated heterocycles. The van der Waals surface area contributed by atoms with Gasteiger partial charge < -0.3 is 0 Å². The van der Waals surface area contributed by atoms with E-state index in [-0.39, 0.29) is 0 Å². The number of rotatable bonds is 5. The van der Waals surface area contributed by atoms with E-state index in [1.54, 1.807) is 0 Å². The monoisotopic (exact) mass is 192 g/mol. The summed E-state index contributed by atoms with van der Waals surface area (Å²) in [5.74, 6) is 0.921. The van der Waals surface area contributed by atoms with Gasteiger partial charge in [0.25, 0.3) is 0 Å². The lowest BCUT2D eigenvalue weighted by atomic mass is 10.0. The van der Waals surface area contributed by atoms with Crippen LogP contribution >= 0.6 is 15.9 Å². The maximum Gasteiger partial charge on any atom is 0.00338 e. The Morgan fingerprint density at radius 2 is 2.00 bits per heavy atom. The van der Waals surface area contributed by atoms with Crippen molar-refractivity contribution in [1.82, 2.24) is 0 Å². The summed E-state index contributed by atoms with van der Waals surface area (Å²) in [5.41, 5.74) is 0. The molecule has 1 atom stereocenters. The van der Waals surface area contributed by atoms with Crippen LogP contribution in [0.2, 0.25) is 0 Å². The van der Waals surface area contributed by atoms with Crippen LogP contribution in [0.5, 0.6) is 0 Å². The second kappa shape index (κ2) is 6.60. The zero-order valence-corrected chi connectivity index (χ0v) is 8.08. The molecule has 0 fully saturated rings. The quantitative estimate of drug-likeness (QED) is 0.585. The van der Waals surface area contributed by atoms with E-state index in [2.05, 4.69) is 29.8 Å². The molecule has 0 aliphatic rings. The first-order valence-corrected chi connectivity index (χ1v) is 4.99. The highest BCUT2D eigenvalue weighted by molar-refractivity contribution is 9.09. The molecule has 0 aliphatic heterocycles. The van der Waals surface area contributed by atoms with Crippen molar-refractivity contribution in [3.63, 3.8) is 0 Å². The summed E-state index contributed by atoms with van der Waals surface area (Å²) < 4.78 is 0. The standard InChI is InChI=1S/C8H17Br/c1-3-4-5-8(2)6-7-9/h8H,3-7H2,1-2H3. The van der Waals surface area contributed by atoms with Crippen molar-refractivity contribution in [3.8, 4) is 0 Å². The molecule has 56 valence electrons. The molecular weight excluding hydrogens is 176 g/mol. The lowest BCUT2D eigenvalue weighted by Gasteiger charge is -2.06. The highest BCUT2D eigenvalue weighted by Gasteiger charge is 1.97. The third-order valence-electron chi connectivity index (χ3n) is 1.65. The number of halogens is 1. The molecule has 0 bridgehead atoms. The molecule has 0 radical (unpaired) electrons. The first kappa shape index (κ1) is 9.48. The van der Waals surface area contributed by atoms with Crippen LogP contribution in [0, 0.1) is 5.92 Å². The van der Waals surface area contributed by atoms with Crippen molar-refractivity contribution in [3.05, 3.63) is 0 Å². The Morgan fingerprint density at radius 3 is 2.44 bits per heavy atom. The minimum Gasteiger partial charge on any atom is -0.0928 e. The smallest absolute Gasteiger partial charge is 0.00338 e. The van der Waals surface area contributed by atoms with Crippen molar-refractivity contribution < 1.29 is 0 Å². The van der Waals surface area contributed by atoms with Crippen LogP contribution in [0.25, 0.3) is 0 Å². The lowest BCUT2D eigenvalue weighted by molar-refractivity contribution is 0.496. The molecule has 0 N–H and O–H groups in total. The maximum absolute atomic E-state index is 3.44. The van der Waals surface area contributed by atoms with Crippen LogP contribution in [-0.2, 0) is 0 Å². The van der Waals surface area contributed by atoms with Crippen molar-refractivity contribution in [2.45, 2.75) is 39.5 Å². The second-order valence-corrected chi connectivity index (χ2v) is 3.52. The minimum absolute atomic E-state index is 0.921. The topological polar surface area (TPSA) is 0 Å². The SMILES string of the molecule is CCCCC(C)CCBr. The molecule has 0 spiro atoms. The molecule has 0 aliphatic carbocycles. The second-order valence-electron chi connectivity index (χ2n) is 2.73. The normalized spacial score (nSPS) is 13.7. The minimum atomic E-state index is 0.921. The van der Waals surface area contributed by atoms with Gasteiger partial charge in [0.05, 0.1) is 0 Å². The predicted octanol–water partition coefficient (Wildman–Crippen LogP) is 3.60. The van der Waals surface area contributed by atoms with E-state index in [1.165, 1.54) is 25.7 Å². The van der Waals surface area contributed by atoms with Gasteiger partial charge in [-0.15, -0.1) is 0 Å². The van der Waals surface area contributed by atoms with Gasteiger partial charge in [-0.05, 0) is 12.3 Å². The molecule has 0 saturated carbocycles. The molecule has 1 heteroatoms. The van der Waals surface area contributed by atoms with Crippen LogP contribution in [0.4, 0.5) is 0 Å². The van der Waals surface area contributed by atoms with Crippen molar-refractivity contribution in [2.24, 2.45) is 5.92 Å². The summed E-state index contributed by atoms with van der Waals surface area (Å²) >= 11 is 3.44. The van der Waals surface area contributed by atoms with E-state index < -0.39 is 0 Å². The number of unbranched alkanes of at least 4 members (excludes halogenated alkanes) is 1. The summed E-state index contributed by atoms with van der Waals surface area (Å²) in [4.78, 5) is 0. The van der Waals surface area contributed by atoms with Crippen molar-refractivity contribution in [2.75, 3.05) is 5.33 Å². The zero-order valence-electron chi connectivity index (χ0n) is 6.49. The third-order valence-corrected chi connectivity index (χ3v) is 2.11. The summed E-state index contributed by atoms with van der Waals surface area (Å²) in [6.07, 6.45) is 5.48. The average Bonchev–Trinajstić information content (AvgIpc) is 1.85. The van der Waals surface area contributed by atoms with E-state index in [1.807, 2.05) is 0 Å². The fourth-order valence-corrected chi connectivity index (χ4v) is 1.66. The van der Waals surface area contributed by atoms with Gasteiger partial charge in [0, 0.05) is 5.33 Å². The molecular formula is C8H17Br. The van der Waals surface area contributed by atoms with Gasteiger partial charge in [-0.3, -0.25) is 0 Å². The van der Waals surface area contributed by atoms with Crippen LogP contribution in [0.1, 0.15) is 39.5 Å². The Morgan fingerprint density at radius 1 is 1.33 bits per heavy atom. The van der Waals surface area contributed by atoms with Gasteiger partial charge in [0.15, 0.2) is 0 Å². The van der Waals surface area contributed by atoms with Crippen LogP contribution in [-0.4, -0.2) is 5.33 Å². The van der Waals surface area contributed by atoms with E-state index in [0.29, 0.717) is 0 Å². The molecule has 0 aromatic heterocycles. The highest BCUT2D eigenvalue weighted by Crippen LogP contribution is 2.12. The Balaban J connectivity index is 2.95. The Hall–Kier alpha value is 0.480. The van der Waals surface area contributed by atoms with Gasteiger partial charge in [-0.25, -0.2) is 0 Å². The summed E-state index contributed by atoms with van der Waals surface area (Å²) in [5, 5.41) is 1.16. The largest absolute Gasteiger partial charge is 0.0928 e. The summed E-state index contributed by atoms with van der Waals surface area (Å²) in [7, 11) is 0. The van der Waals surface area contributed by atoms with E-state index in [4.69, 9.17) is 0 Å². The molecule has 0 aromatic carbocycles. The molecule has 0 amide bonds. The fourth-order valence-electron chi connectivity index (χ4n) is 0.883. The predicted molar refractivity (Wildman–Crippen MR) is 47.1 cm³/mol. The third kappa shape index (κ3) is 6.36. The van der Waals surface area contributed by atoms with E-state index >= 15 is 0 Å². The molecule has 0 heterocycles. The van der Waals surface area contributed by atoms with Crippen LogP contribution in [0.15, 0.2) is 0 Å². The molecule has 0 rings (SSSR count). The Kier molecular flexibility index (Phi) is 6.95. The first-order chi connectivity index (χ1) is 4.31. The van der Waals surface area contributed by atoms with Crippen molar-refractivity contribution >= 4 is 15.9 Å². The molecule has 0 aromatic rings. The number of alkyl halides is 1. The van der Waals surface area contributed by atoms with Crippen molar-refractivity contribution in [1.29, 1.82) is 0 Å². The number of hydrogen-bond acceptors (Lipinski definition) is 0. The Labute approximate surface area is 67.2 Å².